The maximum absolute atomic E-state index is 12.5. The number of hydrogen-bond acceptors (Lipinski definition) is 9. The van der Waals surface area contributed by atoms with Gasteiger partial charge in [0.2, 0.25) is 0 Å². The standard InChI is InChI=1S/C37H72O9/c1-3-5-7-9-11-12-13-14-15-16-17-18-19-20-21-23-25-27-43-29-31(45-33(39)26-24-22-10-8-6-4-2)30-44-37-36(42)35(41)34(40)32(28-38)46-37/h31-32,34-38,40-42H,3-30H2,1-2H3. The van der Waals surface area contributed by atoms with Gasteiger partial charge < -0.3 is 39.4 Å². The Hall–Kier alpha value is -0.810. The molecule has 0 aliphatic carbocycles. The van der Waals surface area contributed by atoms with Crippen LogP contribution in [0.15, 0.2) is 0 Å². The van der Waals surface area contributed by atoms with Gasteiger partial charge in [-0.1, -0.05) is 149 Å². The van der Waals surface area contributed by atoms with E-state index in [-0.39, 0.29) is 19.2 Å². The predicted octanol–water partition coefficient (Wildman–Crippen LogP) is 7.13. The summed E-state index contributed by atoms with van der Waals surface area (Å²) in [5.74, 6) is -0.320. The zero-order valence-corrected chi connectivity index (χ0v) is 29.6. The molecule has 0 saturated carbocycles. The second kappa shape index (κ2) is 30.3. The second-order valence-electron chi connectivity index (χ2n) is 13.4. The van der Waals surface area contributed by atoms with Crippen molar-refractivity contribution in [2.45, 2.75) is 205 Å². The molecule has 6 unspecified atom stereocenters. The van der Waals surface area contributed by atoms with Crippen LogP contribution in [-0.2, 0) is 23.7 Å². The molecular weight excluding hydrogens is 588 g/mol. The fourth-order valence-corrected chi connectivity index (χ4v) is 5.96. The molecule has 274 valence electrons. The molecule has 1 aliphatic heterocycles. The highest BCUT2D eigenvalue weighted by molar-refractivity contribution is 5.69. The Kier molecular flexibility index (Phi) is 28.4. The van der Waals surface area contributed by atoms with Crippen molar-refractivity contribution in [3.63, 3.8) is 0 Å². The summed E-state index contributed by atoms with van der Waals surface area (Å²) in [5.41, 5.74) is 0. The SMILES string of the molecule is CCCCCCCCCCCCCCCCCCCOCC(COC1OC(CO)C(O)C(O)C1O)OC(=O)CCCCCCCC. The van der Waals surface area contributed by atoms with E-state index < -0.39 is 43.4 Å². The van der Waals surface area contributed by atoms with Crippen LogP contribution in [0.5, 0.6) is 0 Å². The van der Waals surface area contributed by atoms with Crippen LogP contribution in [0.1, 0.15) is 168 Å². The van der Waals surface area contributed by atoms with Crippen LogP contribution in [0.3, 0.4) is 0 Å². The van der Waals surface area contributed by atoms with E-state index in [1.807, 2.05) is 0 Å². The van der Waals surface area contributed by atoms with Crippen LogP contribution in [0, 0.1) is 0 Å². The first-order valence-corrected chi connectivity index (χ1v) is 19.1. The Bertz CT molecular complexity index is 677. The lowest BCUT2D eigenvalue weighted by Crippen LogP contribution is -2.59. The average Bonchev–Trinajstić information content (AvgIpc) is 3.05. The number of carbonyl (C=O) groups is 1. The van der Waals surface area contributed by atoms with E-state index in [1.165, 1.54) is 116 Å². The molecule has 1 rings (SSSR count). The molecule has 0 spiro atoms. The average molecular weight is 661 g/mol. The van der Waals surface area contributed by atoms with Crippen molar-refractivity contribution in [3.8, 4) is 0 Å². The van der Waals surface area contributed by atoms with Crippen molar-refractivity contribution in [1.82, 2.24) is 0 Å². The first-order valence-electron chi connectivity index (χ1n) is 19.1. The lowest BCUT2D eigenvalue weighted by Gasteiger charge is -2.39. The van der Waals surface area contributed by atoms with Gasteiger partial charge in [0.25, 0.3) is 0 Å². The summed E-state index contributed by atoms with van der Waals surface area (Å²) < 4.78 is 22.6. The number of aliphatic hydroxyl groups excluding tert-OH is 4. The van der Waals surface area contributed by atoms with Gasteiger partial charge in [-0.15, -0.1) is 0 Å². The van der Waals surface area contributed by atoms with E-state index >= 15 is 0 Å². The topological polar surface area (TPSA) is 135 Å². The molecule has 0 radical (unpaired) electrons. The molecule has 0 amide bonds. The third-order valence-electron chi connectivity index (χ3n) is 9.02. The maximum atomic E-state index is 12.5. The van der Waals surface area contributed by atoms with Gasteiger partial charge >= 0.3 is 5.97 Å². The first kappa shape index (κ1) is 43.2. The summed E-state index contributed by atoms with van der Waals surface area (Å²) in [6.07, 6.45) is 21.6. The summed E-state index contributed by atoms with van der Waals surface area (Å²) in [6.45, 7) is 4.51. The Balaban J connectivity index is 2.22. The molecule has 6 atom stereocenters. The molecule has 9 heteroatoms. The zero-order chi connectivity index (χ0) is 33.7. The third kappa shape index (κ3) is 21.9. The van der Waals surface area contributed by atoms with Crippen LogP contribution < -0.4 is 0 Å². The molecule has 1 saturated heterocycles. The Morgan fingerprint density at radius 3 is 1.54 bits per heavy atom. The van der Waals surface area contributed by atoms with Crippen molar-refractivity contribution in [2.24, 2.45) is 0 Å². The second-order valence-corrected chi connectivity index (χ2v) is 13.4. The number of rotatable bonds is 32. The summed E-state index contributed by atoms with van der Waals surface area (Å²) in [7, 11) is 0. The van der Waals surface area contributed by atoms with Crippen LogP contribution in [0.2, 0.25) is 0 Å². The summed E-state index contributed by atoms with van der Waals surface area (Å²) in [5, 5.41) is 39.8. The molecule has 4 N–H and O–H groups in total. The van der Waals surface area contributed by atoms with Crippen LogP contribution in [-0.4, -0.2) is 89.6 Å². The van der Waals surface area contributed by atoms with E-state index in [0.29, 0.717) is 13.0 Å². The number of hydrogen-bond donors (Lipinski definition) is 4. The summed E-state index contributed by atoms with van der Waals surface area (Å²) in [6, 6.07) is 0. The van der Waals surface area contributed by atoms with Gasteiger partial charge in [0.1, 0.15) is 30.5 Å². The molecular formula is C37H72O9. The summed E-state index contributed by atoms with van der Waals surface area (Å²) in [4.78, 5) is 12.5. The lowest BCUT2D eigenvalue weighted by molar-refractivity contribution is -0.305. The summed E-state index contributed by atoms with van der Waals surface area (Å²) >= 11 is 0. The minimum Gasteiger partial charge on any atom is -0.457 e. The Morgan fingerprint density at radius 2 is 1.07 bits per heavy atom. The molecule has 1 heterocycles. The van der Waals surface area contributed by atoms with E-state index in [1.54, 1.807) is 0 Å². The molecule has 1 fully saturated rings. The smallest absolute Gasteiger partial charge is 0.306 e. The molecule has 46 heavy (non-hydrogen) atoms. The number of aliphatic hydroxyl groups is 4. The molecule has 9 nitrogen and oxygen atoms in total. The van der Waals surface area contributed by atoms with Gasteiger partial charge in [-0.05, 0) is 12.8 Å². The highest BCUT2D eigenvalue weighted by atomic mass is 16.7. The quantitative estimate of drug-likeness (QED) is 0.0439. The Labute approximate surface area is 281 Å². The maximum Gasteiger partial charge on any atom is 0.306 e. The predicted molar refractivity (Wildman–Crippen MR) is 183 cm³/mol. The highest BCUT2D eigenvalue weighted by Crippen LogP contribution is 2.22. The van der Waals surface area contributed by atoms with Crippen molar-refractivity contribution < 1.29 is 44.2 Å². The Morgan fingerprint density at radius 1 is 0.609 bits per heavy atom. The van der Waals surface area contributed by atoms with Crippen molar-refractivity contribution >= 4 is 5.97 Å². The first-order chi connectivity index (χ1) is 22.4. The van der Waals surface area contributed by atoms with E-state index in [4.69, 9.17) is 18.9 Å². The highest BCUT2D eigenvalue weighted by Gasteiger charge is 2.44. The minimum absolute atomic E-state index is 0.107. The van der Waals surface area contributed by atoms with Crippen LogP contribution >= 0.6 is 0 Å². The largest absolute Gasteiger partial charge is 0.457 e. The van der Waals surface area contributed by atoms with Crippen LogP contribution in [0.4, 0.5) is 0 Å². The number of esters is 1. The number of unbranched alkanes of at least 4 members (excludes halogenated alkanes) is 21. The van der Waals surface area contributed by atoms with Gasteiger partial charge in [0, 0.05) is 13.0 Å². The van der Waals surface area contributed by atoms with E-state index in [9.17, 15) is 25.2 Å². The zero-order valence-electron chi connectivity index (χ0n) is 29.6. The van der Waals surface area contributed by atoms with Crippen molar-refractivity contribution in [2.75, 3.05) is 26.4 Å². The van der Waals surface area contributed by atoms with E-state index in [0.717, 1.165) is 32.1 Å². The van der Waals surface area contributed by atoms with Crippen LogP contribution in [0.25, 0.3) is 0 Å². The van der Waals surface area contributed by atoms with Gasteiger partial charge in [0.15, 0.2) is 6.29 Å². The van der Waals surface area contributed by atoms with Gasteiger partial charge in [-0.25, -0.2) is 0 Å². The molecule has 0 aromatic carbocycles. The number of ether oxygens (including phenoxy) is 4. The van der Waals surface area contributed by atoms with E-state index in [2.05, 4.69) is 13.8 Å². The lowest BCUT2D eigenvalue weighted by atomic mass is 9.99. The van der Waals surface area contributed by atoms with Crippen molar-refractivity contribution in [3.05, 3.63) is 0 Å². The van der Waals surface area contributed by atoms with Gasteiger partial charge in [-0.2, -0.15) is 0 Å². The number of carbonyl (C=O) groups excluding carboxylic acids is 1. The molecule has 0 aromatic heterocycles. The monoisotopic (exact) mass is 661 g/mol. The molecule has 1 aliphatic rings. The van der Waals surface area contributed by atoms with Gasteiger partial charge in [-0.3, -0.25) is 4.79 Å². The molecule has 0 aromatic rings. The normalized spacial score (nSPS) is 22.3. The third-order valence-corrected chi connectivity index (χ3v) is 9.02. The van der Waals surface area contributed by atoms with Gasteiger partial charge in [0.05, 0.1) is 19.8 Å². The molecule has 0 bridgehead atoms. The fourth-order valence-electron chi connectivity index (χ4n) is 5.96. The fraction of sp³-hybridized carbons (Fsp3) is 0.973. The minimum atomic E-state index is -1.53. The van der Waals surface area contributed by atoms with Crippen molar-refractivity contribution in [1.29, 1.82) is 0 Å².